The van der Waals surface area contributed by atoms with Gasteiger partial charge in [-0.25, -0.2) is 4.79 Å². The molecular formula is C29H43N5O7. The third-order valence-corrected chi connectivity index (χ3v) is 7.31. The second-order valence-corrected chi connectivity index (χ2v) is 11.2. The minimum atomic E-state index is -1.19. The number of carboxylic acids is 1. The number of carbonyl (C=O) groups excluding carboxylic acids is 4. The zero-order valence-corrected chi connectivity index (χ0v) is 23.9. The molecule has 226 valence electrons. The number of carboxylic acid groups (broad SMARTS) is 1. The van der Waals surface area contributed by atoms with Crippen LogP contribution in [0, 0.1) is 17.8 Å². The first-order valence-corrected chi connectivity index (χ1v) is 14.5. The highest BCUT2D eigenvalue weighted by Gasteiger charge is 2.30. The Balaban J connectivity index is 1.51. The van der Waals surface area contributed by atoms with Gasteiger partial charge in [0.25, 0.3) is 5.91 Å². The normalized spacial score (nSPS) is 18.3. The monoisotopic (exact) mass is 573 g/mol. The molecule has 0 bridgehead atoms. The van der Waals surface area contributed by atoms with Crippen molar-refractivity contribution >= 4 is 35.5 Å². The molecule has 0 saturated carbocycles. The highest BCUT2D eigenvalue weighted by molar-refractivity contribution is 5.96. The third-order valence-electron chi connectivity index (χ3n) is 7.31. The summed E-state index contributed by atoms with van der Waals surface area (Å²) in [6.07, 6.45) is 2.46. The summed E-state index contributed by atoms with van der Waals surface area (Å²) in [6, 6.07) is 5.99. The molecule has 2 atom stereocenters. The Morgan fingerprint density at radius 2 is 1.76 bits per heavy atom. The Morgan fingerprint density at radius 1 is 1.05 bits per heavy atom. The predicted octanol–water partition coefficient (Wildman–Crippen LogP) is 2.56. The molecule has 41 heavy (non-hydrogen) atoms. The number of ether oxygens (including phenoxy) is 1. The lowest BCUT2D eigenvalue weighted by atomic mass is 9.92. The molecular weight excluding hydrogens is 530 g/mol. The van der Waals surface area contributed by atoms with Gasteiger partial charge in [0.2, 0.25) is 11.8 Å². The number of nitrogens with one attached hydrogen (secondary N) is 4. The van der Waals surface area contributed by atoms with E-state index in [4.69, 9.17) is 4.74 Å². The van der Waals surface area contributed by atoms with E-state index in [0.29, 0.717) is 37.4 Å². The molecule has 1 aromatic carbocycles. The lowest BCUT2D eigenvalue weighted by Crippen LogP contribution is -2.53. The molecule has 2 saturated heterocycles. The molecule has 4 amide bonds. The lowest BCUT2D eigenvalue weighted by Gasteiger charge is -2.33. The molecule has 5 N–H and O–H groups in total. The van der Waals surface area contributed by atoms with Crippen LogP contribution >= 0.6 is 0 Å². The highest BCUT2D eigenvalue weighted by Crippen LogP contribution is 2.22. The van der Waals surface area contributed by atoms with Gasteiger partial charge in [-0.1, -0.05) is 13.8 Å². The molecule has 0 radical (unpaired) electrons. The van der Waals surface area contributed by atoms with E-state index in [0.717, 1.165) is 32.4 Å². The van der Waals surface area contributed by atoms with Gasteiger partial charge in [-0.05, 0) is 81.3 Å². The van der Waals surface area contributed by atoms with E-state index in [1.807, 2.05) is 13.8 Å². The van der Waals surface area contributed by atoms with Crippen LogP contribution in [-0.4, -0.2) is 78.7 Å². The Morgan fingerprint density at radius 3 is 2.41 bits per heavy atom. The number of benzene rings is 1. The first-order valence-electron chi connectivity index (χ1n) is 14.5. The molecule has 2 aliphatic heterocycles. The molecule has 3 rings (SSSR count). The topological polar surface area (TPSA) is 166 Å². The molecule has 12 nitrogen and oxygen atoms in total. The number of carbonyl (C=O) groups is 5. The lowest BCUT2D eigenvalue weighted by molar-refractivity contribution is -0.138. The fourth-order valence-electron chi connectivity index (χ4n) is 5.02. The molecule has 0 spiro atoms. The van der Waals surface area contributed by atoms with Crippen LogP contribution in [0.2, 0.25) is 0 Å². The summed E-state index contributed by atoms with van der Waals surface area (Å²) in [6.45, 7) is 6.96. The van der Waals surface area contributed by atoms with Crippen molar-refractivity contribution in [1.29, 1.82) is 0 Å². The van der Waals surface area contributed by atoms with Gasteiger partial charge in [0, 0.05) is 30.8 Å². The van der Waals surface area contributed by atoms with E-state index >= 15 is 0 Å². The number of likely N-dealkylation sites (tertiary alicyclic amines) is 1. The Labute approximate surface area is 240 Å². The van der Waals surface area contributed by atoms with Crippen LogP contribution in [-0.2, 0) is 19.1 Å². The zero-order chi connectivity index (χ0) is 29.8. The number of amides is 4. The predicted molar refractivity (Wildman–Crippen MR) is 152 cm³/mol. The van der Waals surface area contributed by atoms with Crippen molar-refractivity contribution in [2.24, 2.45) is 17.8 Å². The molecule has 0 aromatic heterocycles. The summed E-state index contributed by atoms with van der Waals surface area (Å²) in [7, 11) is 0. The van der Waals surface area contributed by atoms with Gasteiger partial charge in [-0.3, -0.25) is 24.5 Å². The third kappa shape index (κ3) is 11.0. The van der Waals surface area contributed by atoms with E-state index in [9.17, 15) is 29.1 Å². The van der Waals surface area contributed by atoms with E-state index in [2.05, 4.69) is 21.3 Å². The van der Waals surface area contributed by atoms with Crippen LogP contribution in [0.5, 0.6) is 0 Å². The average molecular weight is 574 g/mol. The highest BCUT2D eigenvalue weighted by atomic mass is 16.5. The van der Waals surface area contributed by atoms with Crippen molar-refractivity contribution in [3.05, 3.63) is 29.8 Å². The summed E-state index contributed by atoms with van der Waals surface area (Å²) in [5, 5.41) is 20.5. The maximum atomic E-state index is 13.1. The van der Waals surface area contributed by atoms with Crippen molar-refractivity contribution in [3.8, 4) is 0 Å². The van der Waals surface area contributed by atoms with E-state index < -0.39 is 42.4 Å². The quantitative estimate of drug-likeness (QED) is 0.238. The van der Waals surface area contributed by atoms with Gasteiger partial charge in [0.05, 0.1) is 18.9 Å². The van der Waals surface area contributed by atoms with Crippen molar-refractivity contribution in [2.45, 2.75) is 65.0 Å². The molecule has 2 heterocycles. The molecule has 2 fully saturated rings. The number of anilines is 1. The van der Waals surface area contributed by atoms with Crippen LogP contribution in [0.4, 0.5) is 10.5 Å². The van der Waals surface area contributed by atoms with Crippen molar-refractivity contribution < 1.29 is 33.8 Å². The fourth-order valence-corrected chi connectivity index (χ4v) is 5.02. The zero-order valence-electron chi connectivity index (χ0n) is 23.9. The number of hydrogen-bond acceptors (Lipinski definition) is 7. The summed E-state index contributed by atoms with van der Waals surface area (Å²) in [4.78, 5) is 63.8. The van der Waals surface area contributed by atoms with Crippen LogP contribution in [0.3, 0.4) is 0 Å². The second kappa shape index (κ2) is 15.9. The second-order valence-electron chi connectivity index (χ2n) is 11.2. The number of hydrogen-bond donors (Lipinski definition) is 5. The van der Waals surface area contributed by atoms with Crippen LogP contribution in [0.1, 0.15) is 69.2 Å². The Bertz CT molecular complexity index is 1060. The minimum absolute atomic E-state index is 0.0440. The van der Waals surface area contributed by atoms with Crippen LogP contribution < -0.4 is 21.3 Å². The summed E-state index contributed by atoms with van der Waals surface area (Å²) >= 11 is 0. The summed E-state index contributed by atoms with van der Waals surface area (Å²) in [5.74, 6) is -1.87. The maximum absolute atomic E-state index is 13.1. The summed E-state index contributed by atoms with van der Waals surface area (Å²) in [5.41, 5.74) is 0.650. The van der Waals surface area contributed by atoms with Gasteiger partial charge in [0.15, 0.2) is 0 Å². The SMILES string of the molecule is CC(C)COC(=O)Nc1ccc(C(=O)N[C@H](CC(=O)O)NC(=O)[C@@H]2CCCN(C(=O)CCC3CCNCC3)C2)cc1. The molecule has 0 unspecified atom stereocenters. The minimum Gasteiger partial charge on any atom is -0.481 e. The van der Waals surface area contributed by atoms with E-state index in [-0.39, 0.29) is 30.5 Å². The van der Waals surface area contributed by atoms with E-state index in [1.54, 1.807) is 4.90 Å². The van der Waals surface area contributed by atoms with Crippen molar-refractivity contribution in [2.75, 3.05) is 38.1 Å². The molecule has 0 aliphatic carbocycles. The molecule has 2 aliphatic rings. The van der Waals surface area contributed by atoms with Crippen molar-refractivity contribution in [3.63, 3.8) is 0 Å². The Kier molecular flexibility index (Phi) is 12.4. The summed E-state index contributed by atoms with van der Waals surface area (Å²) < 4.78 is 5.07. The first kappa shape index (κ1) is 31.9. The maximum Gasteiger partial charge on any atom is 0.411 e. The van der Waals surface area contributed by atoms with Gasteiger partial charge in [0.1, 0.15) is 6.17 Å². The van der Waals surface area contributed by atoms with Gasteiger partial charge in [-0.2, -0.15) is 0 Å². The molecule has 12 heteroatoms. The van der Waals surface area contributed by atoms with Gasteiger partial charge < -0.3 is 30.7 Å². The van der Waals surface area contributed by atoms with Gasteiger partial charge >= 0.3 is 12.1 Å². The first-order chi connectivity index (χ1) is 19.6. The van der Waals surface area contributed by atoms with E-state index in [1.165, 1.54) is 24.3 Å². The smallest absolute Gasteiger partial charge is 0.411 e. The molecule has 1 aromatic rings. The van der Waals surface area contributed by atoms with Crippen LogP contribution in [0.15, 0.2) is 24.3 Å². The number of piperidine rings is 2. The fraction of sp³-hybridized carbons (Fsp3) is 0.621. The Hall–Kier alpha value is -3.67. The number of rotatable bonds is 12. The average Bonchev–Trinajstić information content (AvgIpc) is 2.95. The van der Waals surface area contributed by atoms with Gasteiger partial charge in [-0.15, -0.1) is 0 Å². The standard InChI is InChI=1S/C29H43N5O7/c1-19(2)18-41-29(40)31-23-8-6-21(7-9-23)27(38)32-24(16-26(36)37)33-28(39)22-4-3-15-34(17-22)25(35)10-5-20-11-13-30-14-12-20/h6-9,19-20,22,24,30H,3-5,10-18H2,1-2H3,(H,31,40)(H,32,38)(H,33,39)(H,36,37)/t22-,24+/m1/s1. The number of nitrogens with zero attached hydrogens (tertiary/aromatic N) is 1. The number of aliphatic carboxylic acids is 1. The van der Waals surface area contributed by atoms with Crippen molar-refractivity contribution in [1.82, 2.24) is 20.9 Å². The van der Waals surface area contributed by atoms with Crippen LogP contribution in [0.25, 0.3) is 0 Å². The largest absolute Gasteiger partial charge is 0.481 e.